The van der Waals surface area contributed by atoms with Gasteiger partial charge < -0.3 is 26.4 Å². The number of pyridine rings is 1. The molecular formula is C17H17ClFN5O3. The van der Waals surface area contributed by atoms with E-state index in [-0.39, 0.29) is 35.5 Å². The molecule has 3 unspecified atom stereocenters. The Labute approximate surface area is 159 Å². The zero-order valence-corrected chi connectivity index (χ0v) is 14.8. The summed E-state index contributed by atoms with van der Waals surface area (Å²) in [5, 5.41) is 33.0. The lowest BCUT2D eigenvalue weighted by Crippen LogP contribution is -2.48. The summed E-state index contributed by atoms with van der Waals surface area (Å²) >= 11 is 6.12. The van der Waals surface area contributed by atoms with Gasteiger partial charge in [0.05, 0.1) is 0 Å². The quantitative estimate of drug-likeness (QED) is 0.220. The van der Waals surface area contributed by atoms with Crippen LogP contribution in [-0.2, 0) is 0 Å². The Morgan fingerprint density at radius 1 is 1.37 bits per heavy atom. The number of nitrogens with one attached hydrogen (secondary N) is 1. The molecule has 0 radical (unpaired) electrons. The molecule has 2 aromatic heterocycles. The smallest absolute Gasteiger partial charge is 0.223 e. The molecule has 0 amide bonds. The minimum Gasteiger partial charge on any atom is -0.396 e. The van der Waals surface area contributed by atoms with Crippen molar-refractivity contribution in [3.8, 4) is 11.8 Å². The van der Waals surface area contributed by atoms with Crippen molar-refractivity contribution in [2.24, 2.45) is 5.92 Å². The summed E-state index contributed by atoms with van der Waals surface area (Å²) in [5.41, 5.74) is 4.46. The van der Waals surface area contributed by atoms with E-state index in [4.69, 9.17) is 17.3 Å². The van der Waals surface area contributed by atoms with Crippen molar-refractivity contribution < 1.29 is 19.7 Å². The fourth-order valence-electron chi connectivity index (χ4n) is 2.87. The molecule has 2 aromatic rings. The molecule has 1 aliphatic rings. The van der Waals surface area contributed by atoms with Crippen LogP contribution in [0.15, 0.2) is 18.3 Å². The Kier molecular flexibility index (Phi) is 5.43. The van der Waals surface area contributed by atoms with Crippen molar-refractivity contribution in [2.45, 2.75) is 24.7 Å². The lowest BCUT2D eigenvalue weighted by Gasteiger charge is -2.30. The number of nitrogens with two attached hydrogens (primary N) is 1. The first-order valence-electron chi connectivity index (χ1n) is 8.08. The van der Waals surface area contributed by atoms with E-state index in [2.05, 4.69) is 32.1 Å². The van der Waals surface area contributed by atoms with Crippen LogP contribution in [0, 0.1) is 23.7 Å². The second-order valence-corrected chi connectivity index (χ2v) is 6.55. The summed E-state index contributed by atoms with van der Waals surface area (Å²) in [6.45, 7) is -0.262. The van der Waals surface area contributed by atoms with Crippen molar-refractivity contribution in [1.29, 1.82) is 0 Å². The Balaban J connectivity index is 1.95. The monoisotopic (exact) mass is 393 g/mol. The third-order valence-electron chi connectivity index (χ3n) is 4.34. The molecule has 27 heavy (non-hydrogen) atoms. The number of aliphatic hydroxyl groups excluding tert-OH is 2. The number of aromatic nitrogens is 3. The van der Waals surface area contributed by atoms with Crippen LogP contribution in [-0.4, -0.2) is 48.7 Å². The van der Waals surface area contributed by atoms with E-state index < -0.39 is 23.7 Å². The minimum atomic E-state index is -1.73. The topological polar surface area (TPSA) is 137 Å². The van der Waals surface area contributed by atoms with Crippen molar-refractivity contribution in [1.82, 2.24) is 15.0 Å². The first kappa shape index (κ1) is 19.3. The van der Waals surface area contributed by atoms with Crippen molar-refractivity contribution >= 4 is 23.4 Å². The maximum absolute atomic E-state index is 12.9. The van der Waals surface area contributed by atoms with Gasteiger partial charge in [0.1, 0.15) is 11.7 Å². The van der Waals surface area contributed by atoms with Gasteiger partial charge in [-0.1, -0.05) is 23.4 Å². The fraction of sp³-hybridized carbons (Fsp3) is 0.353. The molecule has 142 valence electrons. The van der Waals surface area contributed by atoms with Gasteiger partial charge in [0.2, 0.25) is 11.9 Å². The molecule has 6 N–H and O–H groups in total. The Morgan fingerprint density at radius 3 is 2.78 bits per heavy atom. The number of anilines is 2. The minimum absolute atomic E-state index is 0.0372. The highest BCUT2D eigenvalue weighted by Gasteiger charge is 2.47. The van der Waals surface area contributed by atoms with Gasteiger partial charge in [-0.3, -0.25) is 0 Å². The fourth-order valence-corrected chi connectivity index (χ4v) is 3.09. The summed E-state index contributed by atoms with van der Waals surface area (Å²) in [7, 11) is 0. The summed E-state index contributed by atoms with van der Waals surface area (Å²) < 4.78 is 12.9. The van der Waals surface area contributed by atoms with E-state index in [0.717, 1.165) is 6.07 Å². The van der Waals surface area contributed by atoms with Crippen molar-refractivity contribution in [3.63, 3.8) is 0 Å². The predicted molar refractivity (Wildman–Crippen MR) is 96.0 cm³/mol. The number of nitrogen functional groups attached to an aromatic ring is 1. The van der Waals surface area contributed by atoms with Crippen LogP contribution in [0.5, 0.6) is 0 Å². The van der Waals surface area contributed by atoms with E-state index in [1.807, 2.05) is 0 Å². The molecule has 0 spiro atoms. The summed E-state index contributed by atoms with van der Waals surface area (Å²) in [4.78, 5) is 11.4. The highest BCUT2D eigenvalue weighted by molar-refractivity contribution is 6.31. The average Bonchev–Trinajstić information content (AvgIpc) is 2.90. The van der Waals surface area contributed by atoms with Gasteiger partial charge in [-0.15, -0.1) is 0 Å². The van der Waals surface area contributed by atoms with Gasteiger partial charge in [0.25, 0.3) is 0 Å². The molecule has 0 aromatic carbocycles. The Bertz CT molecular complexity index is 902. The lowest BCUT2D eigenvalue weighted by molar-refractivity contribution is -0.0545. The second kappa shape index (κ2) is 7.62. The maximum Gasteiger partial charge on any atom is 0.223 e. The SMILES string of the molecule is Nc1nc(Cl)c(C#Cc2ccc(F)nc2)c(NC2(O)CCC(CO)C2O)n1. The maximum atomic E-state index is 12.9. The highest BCUT2D eigenvalue weighted by atomic mass is 35.5. The molecule has 0 bridgehead atoms. The predicted octanol–water partition coefficient (Wildman–Crippen LogP) is 0.510. The van der Waals surface area contributed by atoms with Gasteiger partial charge in [0.15, 0.2) is 16.7 Å². The number of aliphatic hydroxyl groups is 3. The number of nitrogens with zero attached hydrogens (tertiary/aromatic N) is 3. The average molecular weight is 394 g/mol. The number of halogens is 2. The van der Waals surface area contributed by atoms with Crippen LogP contribution in [0.4, 0.5) is 16.2 Å². The van der Waals surface area contributed by atoms with Gasteiger partial charge in [-0.2, -0.15) is 14.4 Å². The van der Waals surface area contributed by atoms with Crippen LogP contribution in [0.25, 0.3) is 0 Å². The number of hydrogen-bond donors (Lipinski definition) is 5. The van der Waals surface area contributed by atoms with Gasteiger partial charge >= 0.3 is 0 Å². The van der Waals surface area contributed by atoms with E-state index in [1.54, 1.807) is 0 Å². The van der Waals surface area contributed by atoms with E-state index in [9.17, 15) is 19.7 Å². The van der Waals surface area contributed by atoms with Crippen LogP contribution in [0.2, 0.25) is 5.15 Å². The number of hydrogen-bond acceptors (Lipinski definition) is 8. The molecule has 3 atom stereocenters. The molecule has 1 fully saturated rings. The molecule has 3 rings (SSSR count). The zero-order chi connectivity index (χ0) is 19.6. The highest BCUT2D eigenvalue weighted by Crippen LogP contribution is 2.36. The zero-order valence-electron chi connectivity index (χ0n) is 14.0. The van der Waals surface area contributed by atoms with E-state index in [0.29, 0.717) is 12.0 Å². The van der Waals surface area contributed by atoms with Gasteiger partial charge in [0, 0.05) is 24.3 Å². The van der Waals surface area contributed by atoms with Gasteiger partial charge in [-0.25, -0.2) is 4.98 Å². The largest absolute Gasteiger partial charge is 0.396 e. The molecule has 8 nitrogen and oxygen atoms in total. The molecule has 1 saturated carbocycles. The summed E-state index contributed by atoms with van der Waals surface area (Å²) in [6.07, 6.45) is 0.620. The van der Waals surface area contributed by atoms with Crippen LogP contribution >= 0.6 is 11.6 Å². The Morgan fingerprint density at radius 2 is 2.15 bits per heavy atom. The third-order valence-corrected chi connectivity index (χ3v) is 4.62. The second-order valence-electron chi connectivity index (χ2n) is 6.19. The lowest BCUT2D eigenvalue weighted by atomic mass is 10.0. The van der Waals surface area contributed by atoms with Crippen LogP contribution < -0.4 is 11.1 Å². The van der Waals surface area contributed by atoms with Crippen LogP contribution in [0.3, 0.4) is 0 Å². The summed E-state index contributed by atoms with van der Waals surface area (Å²) in [6, 6.07) is 2.60. The molecule has 10 heteroatoms. The third kappa shape index (κ3) is 4.09. The molecule has 0 aliphatic heterocycles. The molecular weight excluding hydrogens is 377 g/mol. The van der Waals surface area contributed by atoms with E-state index in [1.165, 1.54) is 12.3 Å². The molecule has 0 saturated heterocycles. The standard InChI is InChI=1S/C17H17ClFN5O3/c18-14-11(3-1-9-2-4-12(19)21-7-9)15(23-16(20)22-14)24-17(27)6-5-10(8-25)13(17)26/h2,4,7,10,13,25-27H,5-6,8H2,(H3,20,22,23,24). The van der Waals surface area contributed by atoms with E-state index >= 15 is 0 Å². The number of rotatable bonds is 3. The normalized spacial score (nSPS) is 24.3. The van der Waals surface area contributed by atoms with Crippen molar-refractivity contribution in [3.05, 3.63) is 40.6 Å². The first-order chi connectivity index (χ1) is 12.8. The molecule has 2 heterocycles. The first-order valence-corrected chi connectivity index (χ1v) is 8.46. The van der Waals surface area contributed by atoms with Crippen molar-refractivity contribution in [2.75, 3.05) is 17.7 Å². The summed E-state index contributed by atoms with van der Waals surface area (Å²) in [5.74, 6) is 4.28. The van der Waals surface area contributed by atoms with Crippen LogP contribution in [0.1, 0.15) is 24.0 Å². The Hall–Kier alpha value is -2.51. The molecule has 1 aliphatic carbocycles. The van der Waals surface area contributed by atoms with Gasteiger partial charge in [-0.05, 0) is 25.0 Å².